The fourth-order valence-electron chi connectivity index (χ4n) is 6.54. The molecule has 2 aliphatic rings. The van der Waals surface area contributed by atoms with Crippen LogP contribution < -0.4 is 10.1 Å². The summed E-state index contributed by atoms with van der Waals surface area (Å²) < 4.78 is 33.3. The Kier molecular flexibility index (Phi) is 8.47. The Labute approximate surface area is 249 Å². The van der Waals surface area contributed by atoms with Crippen molar-refractivity contribution >= 4 is 17.0 Å². The van der Waals surface area contributed by atoms with Crippen LogP contribution in [-0.2, 0) is 4.74 Å². The van der Waals surface area contributed by atoms with Crippen LogP contribution in [-0.4, -0.2) is 82.0 Å². The van der Waals surface area contributed by atoms with Gasteiger partial charge in [-0.15, -0.1) is 0 Å². The van der Waals surface area contributed by atoms with Crippen molar-refractivity contribution < 1.29 is 28.2 Å². The van der Waals surface area contributed by atoms with Crippen LogP contribution in [0.2, 0.25) is 0 Å². The third kappa shape index (κ3) is 5.89. The van der Waals surface area contributed by atoms with E-state index < -0.39 is 11.4 Å². The number of nitrogens with zero attached hydrogens (tertiary/aromatic N) is 4. The van der Waals surface area contributed by atoms with E-state index in [0.29, 0.717) is 60.9 Å². The normalized spacial score (nSPS) is 22.7. The maximum Gasteiger partial charge on any atom is 0.275 e. The average molecular weight is 592 g/mol. The summed E-state index contributed by atoms with van der Waals surface area (Å²) in [7, 11) is 1.60. The molecule has 10 nitrogen and oxygen atoms in total. The number of fused-ring (bicyclic) bond motifs is 1. The van der Waals surface area contributed by atoms with Crippen molar-refractivity contribution in [2.75, 3.05) is 40.0 Å². The molecule has 0 spiro atoms. The van der Waals surface area contributed by atoms with Crippen molar-refractivity contribution in [3.05, 3.63) is 66.2 Å². The number of rotatable bonds is 9. The minimum Gasteiger partial charge on any atom is -0.490 e. The first-order chi connectivity index (χ1) is 20.9. The van der Waals surface area contributed by atoms with Crippen LogP contribution >= 0.6 is 0 Å². The number of benzene rings is 2. The molecule has 0 radical (unpaired) electrons. The summed E-state index contributed by atoms with van der Waals surface area (Å²) >= 11 is 0. The molecular weight excluding hydrogens is 553 g/mol. The molecule has 1 amide bonds. The van der Waals surface area contributed by atoms with Crippen LogP contribution in [0.1, 0.15) is 54.5 Å². The third-order valence-electron chi connectivity index (χ3n) is 8.60. The van der Waals surface area contributed by atoms with Crippen LogP contribution in [0, 0.1) is 12.7 Å². The van der Waals surface area contributed by atoms with Gasteiger partial charge in [-0.1, -0.05) is 43.2 Å². The monoisotopic (exact) mass is 591 g/mol. The molecule has 2 aromatic heterocycles. The summed E-state index contributed by atoms with van der Waals surface area (Å²) in [6.07, 6.45) is 5.44. The van der Waals surface area contributed by atoms with Gasteiger partial charge in [0.2, 0.25) is 0 Å². The molecule has 2 fully saturated rings. The second-order valence-electron chi connectivity index (χ2n) is 11.5. The molecule has 1 saturated carbocycles. The summed E-state index contributed by atoms with van der Waals surface area (Å²) in [6, 6.07) is 12.1. The highest BCUT2D eigenvalue weighted by atomic mass is 19.1. The van der Waals surface area contributed by atoms with Crippen LogP contribution in [0.4, 0.5) is 4.39 Å². The molecule has 2 N–H and O–H groups in total. The lowest BCUT2D eigenvalue weighted by Gasteiger charge is -2.41. The molecule has 11 heteroatoms. The van der Waals surface area contributed by atoms with Crippen molar-refractivity contribution in [1.29, 1.82) is 0 Å². The number of nitrogens with one attached hydrogen (secondary N) is 1. The molecule has 228 valence electrons. The molecule has 3 atom stereocenters. The molecule has 6 rings (SSSR count). The highest BCUT2D eigenvalue weighted by Crippen LogP contribution is 2.41. The number of carbonyl (C=O) groups is 1. The van der Waals surface area contributed by atoms with E-state index in [1.807, 2.05) is 39.8 Å². The number of amides is 1. The maximum absolute atomic E-state index is 14.7. The van der Waals surface area contributed by atoms with E-state index in [-0.39, 0.29) is 37.0 Å². The summed E-state index contributed by atoms with van der Waals surface area (Å²) in [5, 5.41) is 15.0. The summed E-state index contributed by atoms with van der Waals surface area (Å²) in [6.45, 7) is 3.86. The van der Waals surface area contributed by atoms with Gasteiger partial charge < -0.3 is 33.8 Å². The van der Waals surface area contributed by atoms with Gasteiger partial charge in [-0.3, -0.25) is 4.79 Å². The quantitative estimate of drug-likeness (QED) is 0.292. The summed E-state index contributed by atoms with van der Waals surface area (Å²) in [5.41, 5.74) is 1.75. The average Bonchev–Trinajstić information content (AvgIpc) is 3.60. The molecule has 1 aliphatic heterocycles. The number of aliphatic hydroxyl groups is 1. The zero-order valence-corrected chi connectivity index (χ0v) is 24.6. The molecule has 2 aromatic carbocycles. The first kappa shape index (κ1) is 29.3. The maximum atomic E-state index is 14.7. The second-order valence-corrected chi connectivity index (χ2v) is 11.5. The number of hydrogen-bond acceptors (Lipinski definition) is 8. The number of halogens is 1. The number of hydrogen-bond donors (Lipinski definition) is 2. The van der Waals surface area contributed by atoms with Crippen molar-refractivity contribution in [2.45, 2.75) is 56.7 Å². The zero-order chi connectivity index (χ0) is 30.0. The largest absolute Gasteiger partial charge is 0.490 e. The van der Waals surface area contributed by atoms with Gasteiger partial charge >= 0.3 is 0 Å². The Balaban J connectivity index is 1.25. The van der Waals surface area contributed by atoms with E-state index in [1.165, 1.54) is 12.1 Å². The minimum atomic E-state index is -1.06. The Morgan fingerprint density at radius 3 is 2.91 bits per heavy atom. The molecular formula is C32H38FN5O5. The van der Waals surface area contributed by atoms with Crippen LogP contribution in [0.5, 0.6) is 5.75 Å². The number of methoxy groups -OCH3 is 1. The van der Waals surface area contributed by atoms with E-state index in [1.54, 1.807) is 20.4 Å². The molecule has 0 bridgehead atoms. The first-order valence-corrected chi connectivity index (χ1v) is 14.9. The number of oxazole rings is 1. The highest BCUT2D eigenvalue weighted by Gasteiger charge is 2.42. The Hall–Kier alpha value is -3.80. The van der Waals surface area contributed by atoms with E-state index in [4.69, 9.17) is 13.9 Å². The van der Waals surface area contributed by atoms with E-state index in [0.717, 1.165) is 24.8 Å². The van der Waals surface area contributed by atoms with Gasteiger partial charge in [-0.2, -0.15) is 0 Å². The lowest BCUT2D eigenvalue weighted by molar-refractivity contribution is -0.0893. The molecule has 1 saturated heterocycles. The van der Waals surface area contributed by atoms with Crippen molar-refractivity contribution in [2.24, 2.45) is 0 Å². The number of imidazole rings is 1. The Morgan fingerprint density at radius 1 is 1.26 bits per heavy atom. The smallest absolute Gasteiger partial charge is 0.275 e. The van der Waals surface area contributed by atoms with Gasteiger partial charge in [-0.05, 0) is 12.8 Å². The van der Waals surface area contributed by atoms with Gasteiger partial charge in [0, 0.05) is 63.8 Å². The van der Waals surface area contributed by atoms with E-state index in [9.17, 15) is 14.3 Å². The molecule has 1 aliphatic carbocycles. The Morgan fingerprint density at radius 2 is 2.09 bits per heavy atom. The van der Waals surface area contributed by atoms with Crippen molar-refractivity contribution in [1.82, 2.24) is 24.8 Å². The van der Waals surface area contributed by atoms with Crippen LogP contribution in [0.25, 0.3) is 22.4 Å². The highest BCUT2D eigenvalue weighted by molar-refractivity contribution is 5.98. The van der Waals surface area contributed by atoms with Gasteiger partial charge in [0.1, 0.15) is 11.1 Å². The standard InChI is InChI=1S/C32H38FN5O5/c1-21-36-25-17-26(24(33)16-27(25)43-21)42-15-11-23-18-34-13-14-37(23)31(39)29-30(22-8-4-3-5-9-22)38(20-35-29)28-10-6-7-12-32(28,40)19-41-2/h3-5,8-9,16-17,20,23,28,34,40H,6-7,10-15,18-19H2,1-2H3/t23-,28-,32-/m1/s1. The van der Waals surface area contributed by atoms with Gasteiger partial charge in [0.15, 0.2) is 28.7 Å². The number of aromatic nitrogens is 3. The molecule has 3 heterocycles. The van der Waals surface area contributed by atoms with E-state index >= 15 is 0 Å². The first-order valence-electron chi connectivity index (χ1n) is 14.9. The second kappa shape index (κ2) is 12.4. The van der Waals surface area contributed by atoms with E-state index in [2.05, 4.69) is 15.3 Å². The third-order valence-corrected chi connectivity index (χ3v) is 8.60. The van der Waals surface area contributed by atoms with Crippen LogP contribution in [0.15, 0.2) is 53.2 Å². The number of aryl methyl sites for hydroxylation is 1. The zero-order valence-electron chi connectivity index (χ0n) is 24.6. The summed E-state index contributed by atoms with van der Waals surface area (Å²) in [4.78, 5) is 25.0. The predicted molar refractivity (Wildman–Crippen MR) is 159 cm³/mol. The predicted octanol–water partition coefficient (Wildman–Crippen LogP) is 4.51. The number of piperazine rings is 1. The molecule has 4 aromatic rings. The minimum absolute atomic E-state index is 0.101. The number of carbonyl (C=O) groups excluding carboxylic acids is 1. The van der Waals surface area contributed by atoms with Crippen molar-refractivity contribution in [3.8, 4) is 17.0 Å². The summed E-state index contributed by atoms with van der Waals surface area (Å²) in [5.74, 6) is -0.143. The molecule has 43 heavy (non-hydrogen) atoms. The topological polar surface area (TPSA) is 115 Å². The van der Waals surface area contributed by atoms with Gasteiger partial charge in [-0.25, -0.2) is 14.4 Å². The number of ether oxygens (including phenoxy) is 2. The SMILES string of the molecule is COC[C@]1(O)CCCC[C@H]1n1cnc(C(=O)N2CCNC[C@H]2CCOc2cc3nc(C)oc3cc2F)c1-c1ccccc1. The lowest BCUT2D eigenvalue weighted by atomic mass is 9.80. The Bertz CT molecular complexity index is 1570. The van der Waals surface area contributed by atoms with Crippen LogP contribution in [0.3, 0.4) is 0 Å². The lowest BCUT2D eigenvalue weighted by Crippen LogP contribution is -2.54. The molecule has 0 unspecified atom stereocenters. The van der Waals surface area contributed by atoms with Crippen molar-refractivity contribution in [3.63, 3.8) is 0 Å². The fourth-order valence-corrected chi connectivity index (χ4v) is 6.54. The van der Waals surface area contributed by atoms with Gasteiger partial charge in [0.25, 0.3) is 5.91 Å². The fraction of sp³-hybridized carbons (Fsp3) is 0.469. The van der Waals surface area contributed by atoms with Gasteiger partial charge in [0.05, 0.1) is 31.3 Å².